The molecular weight excluding hydrogens is 345 g/mol. The topological polar surface area (TPSA) is 55.2 Å². The van der Waals surface area contributed by atoms with Gasteiger partial charge in [-0.15, -0.1) is 0 Å². The molecule has 134 valence electrons. The van der Waals surface area contributed by atoms with Gasteiger partial charge in [-0.3, -0.25) is 10.1 Å². The summed E-state index contributed by atoms with van der Waals surface area (Å²) >= 11 is 0. The van der Waals surface area contributed by atoms with Crippen LogP contribution in [0.4, 0.5) is 24.5 Å². The van der Waals surface area contributed by atoms with Crippen LogP contribution in [0.2, 0.25) is 0 Å². The van der Waals surface area contributed by atoms with E-state index in [2.05, 4.69) is 5.32 Å². The van der Waals surface area contributed by atoms with E-state index in [-0.39, 0.29) is 23.2 Å². The van der Waals surface area contributed by atoms with Crippen molar-refractivity contribution in [3.63, 3.8) is 0 Å². The van der Waals surface area contributed by atoms with Gasteiger partial charge in [0, 0.05) is 12.0 Å². The Kier molecular flexibility index (Phi) is 3.75. The first-order valence-electron chi connectivity index (χ1n) is 8.24. The summed E-state index contributed by atoms with van der Waals surface area (Å²) < 4.78 is 40.5. The molecule has 1 heterocycles. The molecule has 4 rings (SSSR count). The zero-order valence-corrected chi connectivity index (χ0v) is 13.5. The molecule has 4 nitrogen and oxygen atoms in total. The number of benzene rings is 2. The minimum absolute atomic E-state index is 0.0240. The summed E-state index contributed by atoms with van der Waals surface area (Å²) in [6, 6.07) is 9.83. The van der Waals surface area contributed by atoms with Gasteiger partial charge in [0.1, 0.15) is 0 Å². The van der Waals surface area contributed by atoms with Crippen molar-refractivity contribution in [2.75, 3.05) is 5.32 Å². The molecule has 2 aliphatic rings. The van der Waals surface area contributed by atoms with E-state index in [0.29, 0.717) is 17.5 Å². The number of nitro groups is 1. The molecule has 0 spiro atoms. The van der Waals surface area contributed by atoms with Crippen LogP contribution in [0.1, 0.15) is 35.1 Å². The smallest absolute Gasteiger partial charge is 0.377 e. The summed E-state index contributed by atoms with van der Waals surface area (Å²) in [4.78, 5) is 10.9. The lowest BCUT2D eigenvalue weighted by Crippen LogP contribution is -2.31. The fraction of sp³-hybridized carbons (Fsp3) is 0.263. The van der Waals surface area contributed by atoms with Gasteiger partial charge in [-0.05, 0) is 24.0 Å². The Bertz CT molecular complexity index is 908. The zero-order valence-electron chi connectivity index (χ0n) is 13.5. The van der Waals surface area contributed by atoms with Gasteiger partial charge in [-0.25, -0.2) is 0 Å². The van der Waals surface area contributed by atoms with Crippen LogP contribution >= 0.6 is 0 Å². The minimum Gasteiger partial charge on any atom is -0.377 e. The first-order valence-corrected chi connectivity index (χ1v) is 8.24. The first-order chi connectivity index (χ1) is 12.4. The average molecular weight is 360 g/mol. The number of hydrogen-bond donors (Lipinski definition) is 1. The first kappa shape index (κ1) is 16.6. The van der Waals surface area contributed by atoms with Gasteiger partial charge >= 0.3 is 6.18 Å². The molecule has 1 aliphatic carbocycles. The van der Waals surface area contributed by atoms with Gasteiger partial charge < -0.3 is 5.32 Å². The predicted octanol–water partition coefficient (Wildman–Crippen LogP) is 5.44. The fourth-order valence-electron chi connectivity index (χ4n) is 4.08. The lowest BCUT2D eigenvalue weighted by molar-refractivity contribution is -0.385. The van der Waals surface area contributed by atoms with E-state index in [0.717, 1.165) is 6.07 Å². The highest BCUT2D eigenvalue weighted by molar-refractivity contribution is 5.66. The highest BCUT2D eigenvalue weighted by Crippen LogP contribution is 2.53. The number of fused-ring (bicyclic) bond motifs is 3. The van der Waals surface area contributed by atoms with Crippen LogP contribution in [-0.2, 0) is 6.18 Å². The fourth-order valence-corrected chi connectivity index (χ4v) is 4.08. The Morgan fingerprint density at radius 2 is 1.81 bits per heavy atom. The van der Waals surface area contributed by atoms with Crippen molar-refractivity contribution in [2.24, 2.45) is 5.92 Å². The van der Waals surface area contributed by atoms with Crippen molar-refractivity contribution >= 4 is 11.4 Å². The molecule has 0 amide bonds. The molecule has 0 bridgehead atoms. The molecule has 0 saturated carbocycles. The molecule has 2 aromatic carbocycles. The number of allylic oxidation sites excluding steroid dienone is 2. The van der Waals surface area contributed by atoms with Gasteiger partial charge in [-0.1, -0.05) is 42.5 Å². The lowest BCUT2D eigenvalue weighted by Gasteiger charge is -2.38. The maximum absolute atomic E-state index is 13.5. The van der Waals surface area contributed by atoms with Gasteiger partial charge in [0.25, 0.3) is 5.69 Å². The molecule has 2 aromatic rings. The SMILES string of the molecule is O=[N+]([O-])c1ccccc1[C@@H]1Nc2c(cccc2C(F)(F)F)[C@@H]2C=CC[C@@H]21. The second kappa shape index (κ2) is 5.86. The molecule has 1 aliphatic heterocycles. The van der Waals surface area contributed by atoms with E-state index in [4.69, 9.17) is 0 Å². The van der Waals surface area contributed by atoms with Crippen molar-refractivity contribution in [2.45, 2.75) is 24.6 Å². The normalized spacial score (nSPS) is 23.9. The van der Waals surface area contributed by atoms with Crippen molar-refractivity contribution in [3.05, 3.63) is 81.4 Å². The number of nitrogens with zero attached hydrogens (tertiary/aromatic N) is 1. The van der Waals surface area contributed by atoms with E-state index in [1.165, 1.54) is 12.1 Å². The Morgan fingerprint density at radius 1 is 1.08 bits per heavy atom. The largest absolute Gasteiger partial charge is 0.418 e. The highest BCUT2D eigenvalue weighted by atomic mass is 19.4. The van der Waals surface area contributed by atoms with Crippen LogP contribution in [-0.4, -0.2) is 4.92 Å². The van der Waals surface area contributed by atoms with Gasteiger partial charge in [-0.2, -0.15) is 13.2 Å². The maximum atomic E-state index is 13.5. The van der Waals surface area contributed by atoms with Gasteiger partial charge in [0.05, 0.1) is 27.8 Å². The van der Waals surface area contributed by atoms with E-state index >= 15 is 0 Å². The summed E-state index contributed by atoms with van der Waals surface area (Å²) in [5.74, 6) is -0.259. The van der Waals surface area contributed by atoms with E-state index in [9.17, 15) is 23.3 Å². The second-order valence-corrected chi connectivity index (χ2v) is 6.56. The number of hydrogen-bond acceptors (Lipinski definition) is 3. The Hall–Kier alpha value is -2.83. The molecule has 0 radical (unpaired) electrons. The average Bonchev–Trinajstić information content (AvgIpc) is 3.09. The van der Waals surface area contributed by atoms with E-state index < -0.39 is 22.7 Å². The van der Waals surface area contributed by atoms with Crippen LogP contribution in [0.5, 0.6) is 0 Å². The van der Waals surface area contributed by atoms with Crippen LogP contribution < -0.4 is 5.32 Å². The molecule has 0 aromatic heterocycles. The predicted molar refractivity (Wildman–Crippen MR) is 90.9 cm³/mol. The Morgan fingerprint density at radius 3 is 2.54 bits per heavy atom. The van der Waals surface area contributed by atoms with Gasteiger partial charge in [0.15, 0.2) is 0 Å². The van der Waals surface area contributed by atoms with Crippen molar-refractivity contribution in [1.82, 2.24) is 0 Å². The van der Waals surface area contributed by atoms with Crippen molar-refractivity contribution in [1.29, 1.82) is 0 Å². The van der Waals surface area contributed by atoms with Crippen LogP contribution in [0.25, 0.3) is 0 Å². The molecule has 0 unspecified atom stereocenters. The third kappa shape index (κ3) is 2.55. The summed E-state index contributed by atoms with van der Waals surface area (Å²) in [6.07, 6.45) is 0.00511. The summed E-state index contributed by atoms with van der Waals surface area (Å²) in [7, 11) is 0. The third-order valence-corrected chi connectivity index (χ3v) is 5.17. The molecule has 0 saturated heterocycles. The van der Waals surface area contributed by atoms with Gasteiger partial charge in [0.2, 0.25) is 0 Å². The quantitative estimate of drug-likeness (QED) is 0.441. The number of anilines is 1. The van der Waals surface area contributed by atoms with Crippen LogP contribution in [0, 0.1) is 16.0 Å². The maximum Gasteiger partial charge on any atom is 0.418 e. The third-order valence-electron chi connectivity index (χ3n) is 5.17. The summed E-state index contributed by atoms with van der Waals surface area (Å²) in [5.41, 5.74) is 0.212. The molecule has 3 atom stereocenters. The zero-order chi connectivity index (χ0) is 18.5. The monoisotopic (exact) mass is 360 g/mol. The summed E-state index contributed by atoms with van der Waals surface area (Å²) in [5, 5.41) is 14.4. The van der Waals surface area contributed by atoms with E-state index in [1.54, 1.807) is 24.3 Å². The summed E-state index contributed by atoms with van der Waals surface area (Å²) in [6.45, 7) is 0. The number of para-hydroxylation sites is 2. The van der Waals surface area contributed by atoms with Crippen LogP contribution in [0.15, 0.2) is 54.6 Å². The minimum atomic E-state index is -4.50. The number of alkyl halides is 3. The standard InChI is InChI=1S/C19H15F3N2O2/c20-19(21,22)15-9-4-8-13-11-6-3-7-12(11)17(23-18(13)15)14-5-1-2-10-16(14)24(25)26/h1-6,8-12,17,23H,7H2/t11-,12+,17-/m1/s1. The molecule has 0 fully saturated rings. The molecule has 26 heavy (non-hydrogen) atoms. The van der Waals surface area contributed by atoms with Crippen molar-refractivity contribution < 1.29 is 18.1 Å². The number of nitro benzene ring substituents is 1. The van der Waals surface area contributed by atoms with Crippen molar-refractivity contribution in [3.8, 4) is 0 Å². The Labute approximate surface area is 147 Å². The highest BCUT2D eigenvalue weighted by Gasteiger charge is 2.44. The molecule has 1 N–H and O–H groups in total. The number of halogens is 3. The Balaban J connectivity index is 1.88. The molecule has 7 heteroatoms. The lowest BCUT2D eigenvalue weighted by atomic mass is 9.76. The number of rotatable bonds is 2. The second-order valence-electron chi connectivity index (χ2n) is 6.56. The van der Waals surface area contributed by atoms with E-state index in [1.807, 2.05) is 12.2 Å². The van der Waals surface area contributed by atoms with Crippen LogP contribution in [0.3, 0.4) is 0 Å². The molecular formula is C19H15F3N2O2. The number of nitrogens with one attached hydrogen (secondary N) is 1.